The van der Waals surface area contributed by atoms with E-state index in [9.17, 15) is 5.11 Å². The molecule has 0 heterocycles. The third kappa shape index (κ3) is 8.91. The first-order chi connectivity index (χ1) is 19.9. The smallest absolute Gasteiger partial charge is 0.192 e. The summed E-state index contributed by atoms with van der Waals surface area (Å²) in [6.45, 7) is 37.2. The lowest BCUT2D eigenvalue weighted by molar-refractivity contribution is 0.0596. The maximum atomic E-state index is 10.2. The molecular weight excluding hydrogens is 573 g/mol. The van der Waals surface area contributed by atoms with Crippen LogP contribution in [0.4, 0.5) is 0 Å². The Morgan fingerprint density at radius 1 is 0.955 bits per heavy atom. The maximum Gasteiger partial charge on any atom is 0.192 e. The zero-order valence-corrected chi connectivity index (χ0v) is 33.6. The summed E-state index contributed by atoms with van der Waals surface area (Å²) in [6.07, 6.45) is 16.8. The van der Waals surface area contributed by atoms with Crippen LogP contribution in [0, 0.1) is 23.2 Å². The van der Waals surface area contributed by atoms with E-state index >= 15 is 0 Å². The number of aliphatic hydroxyl groups is 1. The van der Waals surface area contributed by atoms with Crippen LogP contribution in [0.3, 0.4) is 0 Å². The molecule has 0 spiro atoms. The zero-order chi connectivity index (χ0) is 33.5. The van der Waals surface area contributed by atoms with Gasteiger partial charge < -0.3 is 14.0 Å². The minimum atomic E-state index is -1.97. The molecule has 3 aliphatic rings. The summed E-state index contributed by atoms with van der Waals surface area (Å²) in [5, 5.41) is 10.6. The predicted octanol–water partition coefficient (Wildman–Crippen LogP) is 11.8. The van der Waals surface area contributed by atoms with Crippen LogP contribution in [0.25, 0.3) is 0 Å². The monoisotopic (exact) mass is 645 g/mol. The predicted molar refractivity (Wildman–Crippen MR) is 196 cm³/mol. The highest BCUT2D eigenvalue weighted by Gasteiger charge is 2.50. The molecule has 3 rings (SSSR count). The van der Waals surface area contributed by atoms with E-state index < -0.39 is 22.2 Å². The molecule has 3 nitrogen and oxygen atoms in total. The Labute approximate surface area is 276 Å². The third-order valence-electron chi connectivity index (χ3n) is 12.9. The van der Waals surface area contributed by atoms with Crippen LogP contribution in [0.1, 0.15) is 133 Å². The number of fused-ring (bicyclic) bond motifs is 1. The van der Waals surface area contributed by atoms with Gasteiger partial charge in [0.25, 0.3) is 0 Å². The fourth-order valence-electron chi connectivity index (χ4n) is 8.04. The molecule has 6 atom stereocenters. The van der Waals surface area contributed by atoms with Crippen molar-refractivity contribution in [1.29, 1.82) is 0 Å². The number of hydrogen-bond donors (Lipinski definition) is 1. The second-order valence-corrected chi connectivity index (χ2v) is 28.6. The summed E-state index contributed by atoms with van der Waals surface area (Å²) in [4.78, 5) is 0. The molecule has 0 aromatic heterocycles. The molecule has 0 saturated heterocycles. The first-order valence-electron chi connectivity index (χ1n) is 18.0. The summed E-state index contributed by atoms with van der Waals surface area (Å²) >= 11 is 0. The largest absolute Gasteiger partial charge is 0.413 e. The summed E-state index contributed by atoms with van der Waals surface area (Å²) < 4.78 is 14.2. The molecule has 3 aliphatic carbocycles. The van der Waals surface area contributed by atoms with Gasteiger partial charge in [0.05, 0.1) is 17.8 Å². The quantitative estimate of drug-likeness (QED) is 0.240. The SMILES string of the molecule is C=C1/C(=C\C=C2/CCC[C@@]3(C)C2CC[C@@H]3[C@H](C)CCCC(C)(C)O)C[C@@H](O[Si](C)(C)C(C)(C)C)C[C@@H]1O[Si](C)(C)C(C)(C)C. The van der Waals surface area contributed by atoms with Crippen LogP contribution in [-0.2, 0) is 8.85 Å². The van der Waals surface area contributed by atoms with Crippen molar-refractivity contribution in [2.24, 2.45) is 23.2 Å². The molecule has 5 heteroatoms. The minimum absolute atomic E-state index is 0.0290. The molecule has 0 radical (unpaired) electrons. The van der Waals surface area contributed by atoms with Crippen molar-refractivity contribution < 1.29 is 14.0 Å². The Bertz CT molecular complexity index is 1060. The first-order valence-corrected chi connectivity index (χ1v) is 23.9. The Balaban J connectivity index is 1.86. The Morgan fingerprint density at radius 2 is 1.55 bits per heavy atom. The molecule has 3 saturated carbocycles. The van der Waals surface area contributed by atoms with Crippen LogP contribution >= 0.6 is 0 Å². The molecule has 254 valence electrons. The Morgan fingerprint density at radius 3 is 2.11 bits per heavy atom. The van der Waals surface area contributed by atoms with E-state index in [1.54, 1.807) is 5.57 Å². The molecular formula is C39H72O3Si2. The zero-order valence-electron chi connectivity index (χ0n) is 31.6. The van der Waals surface area contributed by atoms with Crippen LogP contribution in [0.5, 0.6) is 0 Å². The van der Waals surface area contributed by atoms with Crippen molar-refractivity contribution in [2.75, 3.05) is 0 Å². The van der Waals surface area contributed by atoms with Gasteiger partial charge in [-0.15, -0.1) is 0 Å². The summed E-state index contributed by atoms with van der Waals surface area (Å²) in [5.74, 6) is 2.18. The highest BCUT2D eigenvalue weighted by atomic mass is 28.4. The molecule has 3 fully saturated rings. The molecule has 0 aliphatic heterocycles. The van der Waals surface area contributed by atoms with Crippen molar-refractivity contribution >= 4 is 16.6 Å². The fraction of sp³-hybridized carbons (Fsp3) is 0.846. The Kier molecular flexibility index (Phi) is 11.7. The van der Waals surface area contributed by atoms with Crippen molar-refractivity contribution in [3.8, 4) is 0 Å². The van der Waals surface area contributed by atoms with E-state index in [1.165, 1.54) is 49.7 Å². The number of rotatable bonds is 10. The lowest BCUT2D eigenvalue weighted by Crippen LogP contribution is -2.49. The molecule has 44 heavy (non-hydrogen) atoms. The van der Waals surface area contributed by atoms with Gasteiger partial charge in [-0.1, -0.05) is 92.5 Å². The topological polar surface area (TPSA) is 38.7 Å². The van der Waals surface area contributed by atoms with Crippen LogP contribution < -0.4 is 0 Å². The first kappa shape index (κ1) is 38.0. The Hall–Kier alpha value is -0.466. The van der Waals surface area contributed by atoms with Gasteiger partial charge in [-0.2, -0.15) is 0 Å². The lowest BCUT2D eigenvalue weighted by Gasteiger charge is -2.46. The second-order valence-electron chi connectivity index (χ2n) is 19.0. The van der Waals surface area contributed by atoms with Gasteiger partial charge >= 0.3 is 0 Å². The molecule has 0 aromatic rings. The van der Waals surface area contributed by atoms with Gasteiger partial charge in [-0.3, -0.25) is 0 Å². The van der Waals surface area contributed by atoms with Gasteiger partial charge in [0.1, 0.15) is 0 Å². The number of allylic oxidation sites excluding steroid dienone is 3. The lowest BCUT2D eigenvalue weighted by atomic mass is 9.60. The van der Waals surface area contributed by atoms with Crippen molar-refractivity contribution in [1.82, 2.24) is 0 Å². The molecule has 0 amide bonds. The summed E-state index contributed by atoms with van der Waals surface area (Å²) in [5.41, 5.74) is 4.04. The molecule has 1 unspecified atom stereocenters. The van der Waals surface area contributed by atoms with Gasteiger partial charge in [0.2, 0.25) is 0 Å². The fourth-order valence-corrected chi connectivity index (χ4v) is 10.7. The van der Waals surface area contributed by atoms with E-state index in [0.717, 1.165) is 31.6 Å². The van der Waals surface area contributed by atoms with Crippen molar-refractivity contribution in [2.45, 2.75) is 188 Å². The van der Waals surface area contributed by atoms with Crippen molar-refractivity contribution in [3.63, 3.8) is 0 Å². The molecule has 0 aromatic carbocycles. The van der Waals surface area contributed by atoms with Gasteiger partial charge in [-0.25, -0.2) is 0 Å². The standard InChI is InChI=1S/C39H72O3Si2/c1-28(18-16-24-38(9,10)40)33-22-23-34-30(19-17-25-39(33,34)11)20-21-31-26-32(41-43(12,13)36(3,4)5)27-35(29(31)2)42-44(14,15)37(6,7)8/h20-21,28,32-35,40H,2,16-19,22-27H2,1,3-15H3/b30-20+,31-21-/t28-,32-,33-,34?,35+,39-/m1/s1. The summed E-state index contributed by atoms with van der Waals surface area (Å²) in [7, 11) is -3.89. The maximum absolute atomic E-state index is 10.2. The molecule has 0 bridgehead atoms. The van der Waals surface area contributed by atoms with Crippen LogP contribution in [0.2, 0.25) is 36.3 Å². The second kappa shape index (κ2) is 13.6. The van der Waals surface area contributed by atoms with Crippen LogP contribution in [-0.4, -0.2) is 39.6 Å². The van der Waals surface area contributed by atoms with Gasteiger partial charge in [0.15, 0.2) is 16.6 Å². The summed E-state index contributed by atoms with van der Waals surface area (Å²) in [6, 6.07) is 0. The third-order valence-corrected chi connectivity index (χ3v) is 21.9. The van der Waals surface area contributed by atoms with Crippen LogP contribution in [0.15, 0.2) is 35.5 Å². The highest BCUT2D eigenvalue weighted by Crippen LogP contribution is 2.60. The van der Waals surface area contributed by atoms with E-state index in [1.807, 2.05) is 13.8 Å². The van der Waals surface area contributed by atoms with E-state index in [-0.39, 0.29) is 22.3 Å². The number of hydrogen-bond acceptors (Lipinski definition) is 3. The van der Waals surface area contributed by atoms with E-state index in [4.69, 9.17) is 8.85 Å². The molecule has 1 N–H and O–H groups in total. The minimum Gasteiger partial charge on any atom is -0.413 e. The van der Waals surface area contributed by atoms with E-state index in [2.05, 4.69) is 100 Å². The average Bonchev–Trinajstić information content (AvgIpc) is 3.20. The van der Waals surface area contributed by atoms with Gasteiger partial charge in [-0.05, 0) is 129 Å². The normalized spacial score (nSPS) is 31.9. The van der Waals surface area contributed by atoms with Gasteiger partial charge in [0, 0.05) is 6.42 Å². The average molecular weight is 645 g/mol. The van der Waals surface area contributed by atoms with Crippen molar-refractivity contribution in [3.05, 3.63) is 35.5 Å². The highest BCUT2D eigenvalue weighted by molar-refractivity contribution is 6.74. The van der Waals surface area contributed by atoms with E-state index in [0.29, 0.717) is 17.3 Å².